The number of nitrogens with zero attached hydrogens (tertiary/aromatic N) is 2. The molecule has 0 aliphatic carbocycles. The molecule has 0 radical (unpaired) electrons. The molecule has 3 aromatic rings. The van der Waals surface area contributed by atoms with Crippen LogP contribution in [0.25, 0.3) is 11.3 Å². The van der Waals surface area contributed by atoms with Gasteiger partial charge in [-0.1, -0.05) is 25.5 Å². The predicted molar refractivity (Wildman–Crippen MR) is 126 cm³/mol. The number of nitrogens with one attached hydrogen (secondary N) is 1. The van der Waals surface area contributed by atoms with Crippen molar-refractivity contribution in [2.75, 3.05) is 29.9 Å². The molecule has 158 valence electrons. The molecule has 2 aromatic carbocycles. The zero-order valence-corrected chi connectivity index (χ0v) is 18.7. The van der Waals surface area contributed by atoms with Crippen molar-refractivity contribution in [1.29, 1.82) is 0 Å². The van der Waals surface area contributed by atoms with Crippen LogP contribution in [0.1, 0.15) is 44.0 Å². The molecule has 0 aliphatic rings. The Morgan fingerprint density at radius 1 is 1.10 bits per heavy atom. The summed E-state index contributed by atoms with van der Waals surface area (Å²) in [5.74, 6) is 0.643. The Morgan fingerprint density at radius 2 is 1.87 bits per heavy atom. The van der Waals surface area contributed by atoms with Gasteiger partial charge in [0.15, 0.2) is 5.13 Å². The second-order valence-corrected chi connectivity index (χ2v) is 7.79. The van der Waals surface area contributed by atoms with Gasteiger partial charge in [0.2, 0.25) is 0 Å². The summed E-state index contributed by atoms with van der Waals surface area (Å²) < 4.78 is 5.66. The summed E-state index contributed by atoms with van der Waals surface area (Å²) in [6, 6.07) is 15.1. The number of anilines is 2. The monoisotopic (exact) mass is 423 g/mol. The summed E-state index contributed by atoms with van der Waals surface area (Å²) in [5, 5.41) is 6.06. The molecule has 6 heteroatoms. The maximum absolute atomic E-state index is 12.6. The highest BCUT2D eigenvalue weighted by Crippen LogP contribution is 2.29. The molecule has 30 heavy (non-hydrogen) atoms. The number of carbonyl (C=O) groups excluding carboxylic acids is 1. The van der Waals surface area contributed by atoms with Crippen LogP contribution in [0.3, 0.4) is 0 Å². The van der Waals surface area contributed by atoms with E-state index in [9.17, 15) is 4.79 Å². The summed E-state index contributed by atoms with van der Waals surface area (Å²) in [6.07, 6.45) is 2.12. The fraction of sp³-hybridized carbons (Fsp3) is 0.333. The molecule has 1 amide bonds. The van der Waals surface area contributed by atoms with Crippen LogP contribution in [0.5, 0.6) is 5.75 Å². The quantitative estimate of drug-likeness (QED) is 0.401. The van der Waals surface area contributed by atoms with Crippen LogP contribution in [-0.4, -0.2) is 30.6 Å². The Hall–Kier alpha value is -2.86. The number of unbranched alkanes of at least 4 members (excludes halogenated alkanes) is 1. The van der Waals surface area contributed by atoms with E-state index in [1.165, 1.54) is 0 Å². The average Bonchev–Trinajstić information content (AvgIpc) is 3.25. The minimum Gasteiger partial charge on any atom is -0.494 e. The smallest absolute Gasteiger partial charge is 0.255 e. The van der Waals surface area contributed by atoms with Gasteiger partial charge in [-0.15, -0.1) is 11.3 Å². The van der Waals surface area contributed by atoms with E-state index in [4.69, 9.17) is 9.72 Å². The van der Waals surface area contributed by atoms with E-state index in [1.54, 1.807) is 23.5 Å². The minimum atomic E-state index is -0.144. The lowest BCUT2D eigenvalue weighted by Crippen LogP contribution is -2.21. The number of hydrogen-bond donors (Lipinski definition) is 1. The molecule has 5 nitrogen and oxygen atoms in total. The summed E-state index contributed by atoms with van der Waals surface area (Å²) in [6.45, 7) is 8.95. The van der Waals surface area contributed by atoms with Crippen LogP contribution in [0.4, 0.5) is 10.8 Å². The van der Waals surface area contributed by atoms with Gasteiger partial charge in [0.25, 0.3) is 5.91 Å². The number of benzene rings is 2. The number of thiazole rings is 1. The third kappa shape index (κ3) is 5.60. The third-order valence-electron chi connectivity index (χ3n) is 4.83. The zero-order chi connectivity index (χ0) is 21.3. The molecule has 1 N–H and O–H groups in total. The topological polar surface area (TPSA) is 54.5 Å². The van der Waals surface area contributed by atoms with Gasteiger partial charge in [-0.05, 0) is 56.7 Å². The Morgan fingerprint density at radius 3 is 2.57 bits per heavy atom. The van der Waals surface area contributed by atoms with E-state index in [0.29, 0.717) is 12.2 Å². The number of aromatic nitrogens is 1. The van der Waals surface area contributed by atoms with Gasteiger partial charge >= 0.3 is 0 Å². The van der Waals surface area contributed by atoms with E-state index < -0.39 is 0 Å². The molecule has 0 fully saturated rings. The minimum absolute atomic E-state index is 0.144. The van der Waals surface area contributed by atoms with Crippen molar-refractivity contribution in [3.8, 4) is 17.0 Å². The van der Waals surface area contributed by atoms with Crippen LogP contribution in [-0.2, 0) is 0 Å². The molecule has 0 atom stereocenters. The van der Waals surface area contributed by atoms with E-state index >= 15 is 0 Å². The van der Waals surface area contributed by atoms with Crippen LogP contribution >= 0.6 is 11.3 Å². The van der Waals surface area contributed by atoms with Crippen molar-refractivity contribution in [2.24, 2.45) is 0 Å². The van der Waals surface area contributed by atoms with Crippen molar-refractivity contribution in [3.63, 3.8) is 0 Å². The first-order valence-electron chi connectivity index (χ1n) is 10.5. The number of ether oxygens (including phenoxy) is 1. The van der Waals surface area contributed by atoms with Crippen molar-refractivity contribution in [3.05, 3.63) is 59.5 Å². The fourth-order valence-electron chi connectivity index (χ4n) is 3.03. The summed E-state index contributed by atoms with van der Waals surface area (Å²) >= 11 is 1.64. The standard InChI is InChI=1S/C24H29N3O2S/c1-4-7-15-29-21-13-11-18(12-14-21)23(28)25-20-10-8-9-19(16-20)22-17-30-24(26-22)27(5-2)6-3/h8-14,16-17H,4-7,15H2,1-3H3,(H,25,28). The van der Waals surface area contributed by atoms with E-state index in [1.807, 2.05) is 36.4 Å². The van der Waals surface area contributed by atoms with E-state index in [-0.39, 0.29) is 5.91 Å². The second kappa shape index (κ2) is 10.8. The molecule has 0 unspecified atom stereocenters. The van der Waals surface area contributed by atoms with Gasteiger partial charge in [-0.3, -0.25) is 4.79 Å². The SMILES string of the molecule is CCCCOc1ccc(C(=O)Nc2cccc(-c3csc(N(CC)CC)n3)c2)cc1. The largest absolute Gasteiger partial charge is 0.494 e. The number of carbonyl (C=O) groups is 1. The molecular formula is C24H29N3O2S. The van der Waals surface area contributed by atoms with Gasteiger partial charge in [0, 0.05) is 35.3 Å². The molecule has 0 saturated heterocycles. The maximum Gasteiger partial charge on any atom is 0.255 e. The lowest BCUT2D eigenvalue weighted by molar-refractivity contribution is 0.102. The van der Waals surface area contributed by atoms with Gasteiger partial charge in [0.05, 0.1) is 12.3 Å². The van der Waals surface area contributed by atoms with Crippen molar-refractivity contribution >= 4 is 28.1 Å². The van der Waals surface area contributed by atoms with Crippen molar-refractivity contribution < 1.29 is 9.53 Å². The summed E-state index contributed by atoms with van der Waals surface area (Å²) in [7, 11) is 0. The second-order valence-electron chi connectivity index (χ2n) is 6.95. The van der Waals surface area contributed by atoms with Crippen LogP contribution in [0.15, 0.2) is 53.9 Å². The molecule has 0 spiro atoms. The maximum atomic E-state index is 12.6. The van der Waals surface area contributed by atoms with E-state index in [2.05, 4.69) is 36.4 Å². The lowest BCUT2D eigenvalue weighted by atomic mass is 10.1. The number of hydrogen-bond acceptors (Lipinski definition) is 5. The first-order chi connectivity index (χ1) is 14.6. The first-order valence-corrected chi connectivity index (χ1v) is 11.4. The highest BCUT2D eigenvalue weighted by atomic mass is 32.1. The molecule has 0 bridgehead atoms. The zero-order valence-electron chi connectivity index (χ0n) is 17.9. The number of amides is 1. The summed E-state index contributed by atoms with van der Waals surface area (Å²) in [5.41, 5.74) is 3.26. The molecule has 1 heterocycles. The Bertz CT molecular complexity index is 949. The molecular weight excluding hydrogens is 394 g/mol. The third-order valence-corrected chi connectivity index (χ3v) is 5.73. The Kier molecular flexibility index (Phi) is 7.85. The highest BCUT2D eigenvalue weighted by Gasteiger charge is 2.11. The average molecular weight is 424 g/mol. The van der Waals surface area contributed by atoms with Gasteiger partial charge in [-0.25, -0.2) is 4.98 Å². The van der Waals surface area contributed by atoms with Gasteiger partial charge in [0.1, 0.15) is 5.75 Å². The molecule has 3 rings (SSSR count). The van der Waals surface area contributed by atoms with Crippen LogP contribution < -0.4 is 15.0 Å². The Labute approximate surface area is 182 Å². The molecule has 0 aliphatic heterocycles. The highest BCUT2D eigenvalue weighted by molar-refractivity contribution is 7.14. The van der Waals surface area contributed by atoms with E-state index in [0.717, 1.165) is 53.8 Å². The lowest BCUT2D eigenvalue weighted by Gasteiger charge is -2.16. The molecule has 0 saturated carbocycles. The van der Waals surface area contributed by atoms with Crippen molar-refractivity contribution in [2.45, 2.75) is 33.6 Å². The first kappa shape index (κ1) is 21.8. The normalized spacial score (nSPS) is 10.6. The summed E-state index contributed by atoms with van der Waals surface area (Å²) in [4.78, 5) is 19.6. The van der Waals surface area contributed by atoms with Crippen LogP contribution in [0.2, 0.25) is 0 Å². The predicted octanol–water partition coefficient (Wildman–Crippen LogP) is 6.09. The van der Waals surface area contributed by atoms with Gasteiger partial charge in [-0.2, -0.15) is 0 Å². The fourth-order valence-corrected chi connectivity index (χ4v) is 4.00. The number of rotatable bonds is 10. The Balaban J connectivity index is 1.67. The van der Waals surface area contributed by atoms with Crippen molar-refractivity contribution in [1.82, 2.24) is 4.98 Å². The van der Waals surface area contributed by atoms with Crippen LogP contribution in [0, 0.1) is 0 Å². The molecule has 1 aromatic heterocycles. The van der Waals surface area contributed by atoms with Gasteiger partial charge < -0.3 is 15.0 Å².